The molecule has 2 unspecified atom stereocenters. The van der Waals surface area contributed by atoms with Gasteiger partial charge in [0.15, 0.2) is 0 Å². The Bertz CT molecular complexity index is 456. The molecule has 21 heavy (non-hydrogen) atoms. The second kappa shape index (κ2) is 7.73. The third kappa shape index (κ3) is 4.15. The summed E-state index contributed by atoms with van der Waals surface area (Å²) in [6, 6.07) is 5.13. The van der Waals surface area contributed by atoms with Crippen molar-refractivity contribution in [1.29, 1.82) is 0 Å². The molecule has 1 aromatic rings. The Hall–Kier alpha value is -1.17. The maximum atomic E-state index is 13.6. The molecule has 1 saturated heterocycles. The molecular formula is C16H25FN2O2. The number of rotatable bonds is 6. The van der Waals surface area contributed by atoms with E-state index in [1.54, 1.807) is 6.07 Å². The van der Waals surface area contributed by atoms with Crippen LogP contribution in [0.4, 0.5) is 10.1 Å². The number of hydrogen-bond donors (Lipinski definition) is 2. The highest BCUT2D eigenvalue weighted by Gasteiger charge is 2.27. The van der Waals surface area contributed by atoms with Crippen LogP contribution in [0.1, 0.15) is 25.8 Å². The van der Waals surface area contributed by atoms with Crippen molar-refractivity contribution in [3.05, 3.63) is 29.6 Å². The van der Waals surface area contributed by atoms with Crippen molar-refractivity contribution < 1.29 is 14.2 Å². The van der Waals surface area contributed by atoms with Crippen LogP contribution in [0, 0.1) is 5.82 Å². The summed E-state index contributed by atoms with van der Waals surface area (Å²) in [6.45, 7) is 6.96. The monoisotopic (exact) mass is 296 g/mol. The smallest absolute Gasteiger partial charge is 0.123 e. The Labute approximate surface area is 125 Å². The first-order chi connectivity index (χ1) is 10.2. The minimum absolute atomic E-state index is 0.00777. The van der Waals surface area contributed by atoms with Crippen LogP contribution in [-0.4, -0.2) is 43.6 Å². The molecule has 2 rings (SSSR count). The summed E-state index contributed by atoms with van der Waals surface area (Å²) in [5.74, 6) is -0.216. The van der Waals surface area contributed by atoms with Gasteiger partial charge in [-0.2, -0.15) is 0 Å². The van der Waals surface area contributed by atoms with Crippen LogP contribution in [0.3, 0.4) is 0 Å². The van der Waals surface area contributed by atoms with Crippen molar-refractivity contribution >= 4 is 5.69 Å². The molecule has 0 radical (unpaired) electrons. The van der Waals surface area contributed by atoms with Crippen LogP contribution in [0.2, 0.25) is 0 Å². The SMILES string of the molecule is CCCNCc1cc(F)ccc1N1CC(CO)OCC1C. The van der Waals surface area contributed by atoms with Crippen molar-refractivity contribution in [3.8, 4) is 0 Å². The van der Waals surface area contributed by atoms with Crippen molar-refractivity contribution in [1.82, 2.24) is 5.32 Å². The van der Waals surface area contributed by atoms with E-state index in [9.17, 15) is 9.50 Å². The maximum absolute atomic E-state index is 13.6. The molecular weight excluding hydrogens is 271 g/mol. The van der Waals surface area contributed by atoms with E-state index >= 15 is 0 Å². The number of aliphatic hydroxyl groups excluding tert-OH is 1. The molecule has 2 N–H and O–H groups in total. The van der Waals surface area contributed by atoms with Crippen molar-refractivity contribution in [2.45, 2.75) is 39.0 Å². The summed E-state index contributed by atoms with van der Waals surface area (Å²) in [6.07, 6.45) is 0.869. The van der Waals surface area contributed by atoms with E-state index in [2.05, 4.69) is 24.1 Å². The minimum Gasteiger partial charge on any atom is -0.394 e. The van der Waals surface area contributed by atoms with Gasteiger partial charge in [-0.05, 0) is 43.7 Å². The van der Waals surface area contributed by atoms with E-state index in [-0.39, 0.29) is 24.6 Å². The topological polar surface area (TPSA) is 44.7 Å². The van der Waals surface area contributed by atoms with E-state index in [0.29, 0.717) is 19.7 Å². The first-order valence-corrected chi connectivity index (χ1v) is 7.64. The molecule has 0 aromatic heterocycles. The van der Waals surface area contributed by atoms with Crippen molar-refractivity contribution in [2.75, 3.05) is 31.2 Å². The second-order valence-corrected chi connectivity index (χ2v) is 5.59. The molecule has 0 aliphatic carbocycles. The molecule has 5 heteroatoms. The fraction of sp³-hybridized carbons (Fsp3) is 0.625. The molecule has 1 aliphatic rings. The average Bonchev–Trinajstić information content (AvgIpc) is 2.49. The summed E-state index contributed by atoms with van der Waals surface area (Å²) in [5.41, 5.74) is 1.98. The molecule has 0 spiro atoms. The predicted molar refractivity (Wildman–Crippen MR) is 82.0 cm³/mol. The van der Waals surface area contributed by atoms with Crippen molar-refractivity contribution in [3.63, 3.8) is 0 Å². The molecule has 0 saturated carbocycles. The molecule has 1 fully saturated rings. The molecule has 1 aliphatic heterocycles. The van der Waals surface area contributed by atoms with Crippen LogP contribution in [0.5, 0.6) is 0 Å². The zero-order chi connectivity index (χ0) is 15.2. The van der Waals surface area contributed by atoms with Gasteiger partial charge in [0.05, 0.1) is 19.3 Å². The fourth-order valence-corrected chi connectivity index (χ4v) is 2.64. The average molecular weight is 296 g/mol. The van der Waals surface area contributed by atoms with Crippen LogP contribution >= 0.6 is 0 Å². The lowest BCUT2D eigenvalue weighted by molar-refractivity contribution is -0.0103. The Balaban J connectivity index is 2.19. The molecule has 1 heterocycles. The number of aliphatic hydroxyl groups is 1. The van der Waals surface area contributed by atoms with E-state index in [4.69, 9.17) is 4.74 Å². The Morgan fingerprint density at radius 2 is 2.29 bits per heavy atom. The number of hydrogen-bond acceptors (Lipinski definition) is 4. The third-order valence-electron chi connectivity index (χ3n) is 3.80. The molecule has 0 amide bonds. The zero-order valence-electron chi connectivity index (χ0n) is 12.8. The van der Waals surface area contributed by atoms with Gasteiger partial charge in [-0.15, -0.1) is 0 Å². The van der Waals surface area contributed by atoms with Crippen LogP contribution in [0.15, 0.2) is 18.2 Å². The van der Waals surface area contributed by atoms with Crippen LogP contribution < -0.4 is 10.2 Å². The fourth-order valence-electron chi connectivity index (χ4n) is 2.64. The highest BCUT2D eigenvalue weighted by molar-refractivity contribution is 5.55. The Kier molecular flexibility index (Phi) is 5.96. The summed E-state index contributed by atoms with van der Waals surface area (Å²) in [4.78, 5) is 2.20. The lowest BCUT2D eigenvalue weighted by Crippen LogP contribution is -2.50. The summed E-state index contributed by atoms with van der Waals surface area (Å²) < 4.78 is 19.1. The van der Waals surface area contributed by atoms with Gasteiger partial charge in [0.1, 0.15) is 5.82 Å². The molecule has 1 aromatic carbocycles. The molecule has 2 atom stereocenters. The number of nitrogens with one attached hydrogen (secondary N) is 1. The lowest BCUT2D eigenvalue weighted by Gasteiger charge is -2.40. The molecule has 0 bridgehead atoms. The van der Waals surface area contributed by atoms with Gasteiger partial charge in [-0.25, -0.2) is 4.39 Å². The predicted octanol–water partition coefficient (Wildman–Crippen LogP) is 1.91. The number of benzene rings is 1. The van der Waals surface area contributed by atoms with Crippen LogP contribution in [0.25, 0.3) is 0 Å². The van der Waals surface area contributed by atoms with E-state index in [0.717, 1.165) is 24.2 Å². The van der Waals surface area contributed by atoms with Gasteiger partial charge in [0.2, 0.25) is 0 Å². The quantitative estimate of drug-likeness (QED) is 0.787. The normalized spacial score (nSPS) is 22.6. The molecule has 4 nitrogen and oxygen atoms in total. The number of morpholine rings is 1. The highest BCUT2D eigenvalue weighted by Crippen LogP contribution is 2.26. The molecule has 118 valence electrons. The van der Waals surface area contributed by atoms with Gasteiger partial charge in [-0.1, -0.05) is 6.92 Å². The summed E-state index contributed by atoms with van der Waals surface area (Å²) in [5, 5.41) is 12.6. The summed E-state index contributed by atoms with van der Waals surface area (Å²) >= 11 is 0. The Morgan fingerprint density at radius 1 is 1.48 bits per heavy atom. The highest BCUT2D eigenvalue weighted by atomic mass is 19.1. The van der Waals surface area contributed by atoms with Gasteiger partial charge >= 0.3 is 0 Å². The first kappa shape index (κ1) is 16.2. The number of halogens is 1. The number of ether oxygens (including phenoxy) is 1. The lowest BCUT2D eigenvalue weighted by atomic mass is 10.1. The first-order valence-electron chi connectivity index (χ1n) is 7.64. The van der Waals surface area contributed by atoms with Gasteiger partial charge in [0.25, 0.3) is 0 Å². The Morgan fingerprint density at radius 3 is 3.00 bits per heavy atom. The zero-order valence-corrected chi connectivity index (χ0v) is 12.8. The maximum Gasteiger partial charge on any atom is 0.123 e. The number of anilines is 1. The van der Waals surface area contributed by atoms with E-state index < -0.39 is 0 Å². The third-order valence-corrected chi connectivity index (χ3v) is 3.80. The van der Waals surface area contributed by atoms with Gasteiger partial charge in [0, 0.05) is 24.8 Å². The van der Waals surface area contributed by atoms with E-state index in [1.807, 2.05) is 6.07 Å². The minimum atomic E-state index is -0.216. The van der Waals surface area contributed by atoms with Crippen molar-refractivity contribution in [2.24, 2.45) is 0 Å². The van der Waals surface area contributed by atoms with E-state index in [1.165, 1.54) is 6.07 Å². The second-order valence-electron chi connectivity index (χ2n) is 5.59. The largest absolute Gasteiger partial charge is 0.394 e. The number of nitrogens with zero attached hydrogens (tertiary/aromatic N) is 1. The van der Waals surface area contributed by atoms with Crippen LogP contribution in [-0.2, 0) is 11.3 Å². The van der Waals surface area contributed by atoms with Gasteiger partial charge < -0.3 is 20.1 Å². The van der Waals surface area contributed by atoms with Gasteiger partial charge in [-0.3, -0.25) is 0 Å². The summed E-state index contributed by atoms with van der Waals surface area (Å²) in [7, 11) is 0. The standard InChI is InChI=1S/C16H25FN2O2/c1-3-6-18-8-13-7-14(17)4-5-16(13)19-9-15(10-20)21-11-12(19)2/h4-5,7,12,15,18,20H,3,6,8-11H2,1-2H3.